The van der Waals surface area contributed by atoms with E-state index < -0.39 is 12.2 Å². The van der Waals surface area contributed by atoms with Crippen molar-refractivity contribution in [1.82, 2.24) is 15.1 Å². The SMILES string of the molecule is CC(C)OC(=O)C(C)N1CCN(CC2CN(c3ccc(C(=N)NC(=O)OCc4ccccc4)cc3)C(=O)O2)CC1. The van der Waals surface area contributed by atoms with Crippen molar-refractivity contribution in [2.45, 2.75) is 45.6 Å². The van der Waals surface area contributed by atoms with Crippen molar-refractivity contribution in [3.8, 4) is 0 Å². The largest absolute Gasteiger partial charge is 0.462 e. The van der Waals surface area contributed by atoms with Gasteiger partial charge in [-0.1, -0.05) is 30.3 Å². The van der Waals surface area contributed by atoms with Crippen LogP contribution in [0.5, 0.6) is 0 Å². The third-order valence-corrected chi connectivity index (χ3v) is 6.89. The summed E-state index contributed by atoms with van der Waals surface area (Å²) in [4.78, 5) is 42.8. The van der Waals surface area contributed by atoms with Gasteiger partial charge < -0.3 is 14.2 Å². The van der Waals surface area contributed by atoms with Crippen molar-refractivity contribution in [2.24, 2.45) is 0 Å². The zero-order chi connectivity index (χ0) is 28.6. The molecule has 0 aromatic heterocycles. The van der Waals surface area contributed by atoms with Gasteiger partial charge in [0.15, 0.2) is 0 Å². The van der Waals surface area contributed by atoms with Gasteiger partial charge in [-0.05, 0) is 50.6 Å². The Kier molecular flexibility index (Phi) is 9.73. The van der Waals surface area contributed by atoms with E-state index in [9.17, 15) is 14.4 Å². The van der Waals surface area contributed by atoms with E-state index in [1.165, 1.54) is 0 Å². The smallest absolute Gasteiger partial charge is 0.414 e. The average molecular weight is 552 g/mol. The van der Waals surface area contributed by atoms with E-state index in [0.717, 1.165) is 31.7 Å². The third-order valence-electron chi connectivity index (χ3n) is 6.89. The molecule has 11 nitrogen and oxygen atoms in total. The van der Waals surface area contributed by atoms with E-state index in [2.05, 4.69) is 15.1 Å². The molecule has 2 N–H and O–H groups in total. The van der Waals surface area contributed by atoms with Crippen molar-refractivity contribution < 1.29 is 28.6 Å². The number of cyclic esters (lactones) is 1. The fraction of sp³-hybridized carbons (Fsp3) is 0.448. The van der Waals surface area contributed by atoms with Gasteiger partial charge in [0.25, 0.3) is 0 Å². The minimum Gasteiger partial charge on any atom is -0.462 e. The second-order valence-corrected chi connectivity index (χ2v) is 10.2. The van der Waals surface area contributed by atoms with Gasteiger partial charge in [-0.3, -0.25) is 30.2 Å². The monoisotopic (exact) mass is 551 g/mol. The van der Waals surface area contributed by atoms with E-state index in [1.54, 1.807) is 29.2 Å². The van der Waals surface area contributed by atoms with Crippen LogP contribution >= 0.6 is 0 Å². The number of carbonyl (C=O) groups is 3. The number of hydrogen-bond acceptors (Lipinski definition) is 9. The minimum absolute atomic E-state index is 0.0996. The van der Waals surface area contributed by atoms with Crippen molar-refractivity contribution in [3.05, 3.63) is 65.7 Å². The van der Waals surface area contributed by atoms with Crippen LogP contribution in [0.15, 0.2) is 54.6 Å². The number of amidine groups is 1. The number of nitrogens with one attached hydrogen (secondary N) is 2. The lowest BCUT2D eigenvalue weighted by molar-refractivity contribution is -0.154. The maximum Gasteiger partial charge on any atom is 0.414 e. The molecule has 40 heavy (non-hydrogen) atoms. The lowest BCUT2D eigenvalue weighted by atomic mass is 10.1. The Hall–Kier alpha value is -3.96. The van der Waals surface area contributed by atoms with E-state index in [-0.39, 0.29) is 36.7 Å². The van der Waals surface area contributed by atoms with Crippen LogP contribution in [-0.4, -0.2) is 91.3 Å². The van der Waals surface area contributed by atoms with E-state index in [0.29, 0.717) is 24.3 Å². The Bertz CT molecular complexity index is 1180. The summed E-state index contributed by atoms with van der Waals surface area (Å²) in [5, 5.41) is 10.6. The first-order valence-corrected chi connectivity index (χ1v) is 13.5. The molecular weight excluding hydrogens is 514 g/mol. The summed E-state index contributed by atoms with van der Waals surface area (Å²) in [5.41, 5.74) is 1.98. The predicted octanol–water partition coefficient (Wildman–Crippen LogP) is 3.22. The molecule has 0 aliphatic carbocycles. The topological polar surface area (TPSA) is 125 Å². The molecule has 2 amide bonds. The first-order valence-electron chi connectivity index (χ1n) is 13.5. The minimum atomic E-state index is -0.713. The molecule has 2 atom stereocenters. The third kappa shape index (κ3) is 7.80. The van der Waals surface area contributed by atoms with Gasteiger partial charge in [0, 0.05) is 44.0 Å². The Morgan fingerprint density at radius 1 is 1.02 bits per heavy atom. The molecule has 2 fully saturated rings. The Balaban J connectivity index is 1.22. The number of nitrogens with zero attached hydrogens (tertiary/aromatic N) is 3. The summed E-state index contributed by atoms with van der Waals surface area (Å²) < 4.78 is 16.1. The van der Waals surface area contributed by atoms with Crippen molar-refractivity contribution >= 4 is 29.7 Å². The molecule has 2 heterocycles. The molecule has 2 aromatic carbocycles. The van der Waals surface area contributed by atoms with Crippen LogP contribution in [0.2, 0.25) is 0 Å². The summed E-state index contributed by atoms with van der Waals surface area (Å²) in [6, 6.07) is 15.8. The molecule has 4 rings (SSSR count). The number of amides is 2. The summed E-state index contributed by atoms with van der Waals surface area (Å²) in [6.07, 6.45) is -1.54. The van der Waals surface area contributed by atoms with Crippen LogP contribution in [0, 0.1) is 5.41 Å². The van der Waals surface area contributed by atoms with Crippen molar-refractivity contribution in [2.75, 3.05) is 44.2 Å². The number of benzene rings is 2. The first-order chi connectivity index (χ1) is 19.2. The normalized spacial score (nSPS) is 18.8. The van der Waals surface area contributed by atoms with Crippen LogP contribution in [-0.2, 0) is 25.6 Å². The molecule has 2 saturated heterocycles. The number of esters is 1. The molecule has 0 saturated carbocycles. The lowest BCUT2D eigenvalue weighted by Crippen LogP contribution is -2.53. The van der Waals surface area contributed by atoms with Gasteiger partial charge in [0.1, 0.15) is 24.6 Å². The van der Waals surface area contributed by atoms with Crippen molar-refractivity contribution in [3.63, 3.8) is 0 Å². The van der Waals surface area contributed by atoms with Gasteiger partial charge in [-0.15, -0.1) is 0 Å². The number of anilines is 1. The Morgan fingerprint density at radius 2 is 1.70 bits per heavy atom. The van der Waals surface area contributed by atoms with E-state index in [4.69, 9.17) is 19.6 Å². The highest BCUT2D eigenvalue weighted by atomic mass is 16.6. The highest BCUT2D eigenvalue weighted by Crippen LogP contribution is 2.23. The summed E-state index contributed by atoms with van der Waals surface area (Å²) >= 11 is 0. The maximum atomic E-state index is 12.6. The van der Waals surface area contributed by atoms with E-state index >= 15 is 0 Å². The van der Waals surface area contributed by atoms with Gasteiger partial charge in [-0.25, -0.2) is 9.59 Å². The molecular formula is C29H37N5O6. The maximum absolute atomic E-state index is 12.6. The molecule has 214 valence electrons. The number of carbonyl (C=O) groups excluding carboxylic acids is 3. The molecule has 2 aliphatic rings. The van der Waals surface area contributed by atoms with Gasteiger partial charge >= 0.3 is 18.2 Å². The van der Waals surface area contributed by atoms with Crippen LogP contribution in [0.25, 0.3) is 0 Å². The van der Waals surface area contributed by atoms with E-state index in [1.807, 2.05) is 51.1 Å². The molecule has 2 aromatic rings. The van der Waals surface area contributed by atoms with Crippen LogP contribution in [0.4, 0.5) is 15.3 Å². The fourth-order valence-electron chi connectivity index (χ4n) is 4.67. The number of rotatable bonds is 9. The molecule has 2 aliphatic heterocycles. The Morgan fingerprint density at radius 3 is 2.35 bits per heavy atom. The molecule has 0 spiro atoms. The lowest BCUT2D eigenvalue weighted by Gasteiger charge is -2.37. The van der Waals surface area contributed by atoms with Gasteiger partial charge in [0.2, 0.25) is 0 Å². The number of hydrogen-bond donors (Lipinski definition) is 2. The highest BCUT2D eigenvalue weighted by Gasteiger charge is 2.35. The van der Waals surface area contributed by atoms with Crippen LogP contribution < -0.4 is 10.2 Å². The average Bonchev–Trinajstić information content (AvgIpc) is 3.31. The second-order valence-electron chi connectivity index (χ2n) is 10.2. The standard InChI is InChI=1S/C29H37N5O6/c1-20(2)39-27(35)21(3)33-15-13-32(14-16-33)17-25-18-34(29(37)40-25)24-11-9-23(10-12-24)26(30)31-28(36)38-19-22-7-5-4-6-8-22/h4-12,20-21,25H,13-19H2,1-3H3,(H2,30,31,36). The van der Waals surface area contributed by atoms with Gasteiger partial charge in [0.05, 0.1) is 12.6 Å². The van der Waals surface area contributed by atoms with Gasteiger partial charge in [-0.2, -0.15) is 0 Å². The molecule has 0 radical (unpaired) electrons. The predicted molar refractivity (Wildman–Crippen MR) is 149 cm³/mol. The first kappa shape index (κ1) is 29.0. The summed E-state index contributed by atoms with van der Waals surface area (Å²) in [5.74, 6) is -0.304. The second kappa shape index (κ2) is 13.4. The van der Waals surface area contributed by atoms with Crippen LogP contribution in [0.3, 0.4) is 0 Å². The highest BCUT2D eigenvalue weighted by molar-refractivity contribution is 6.04. The zero-order valence-electron chi connectivity index (χ0n) is 23.2. The van der Waals surface area contributed by atoms with Crippen molar-refractivity contribution in [1.29, 1.82) is 5.41 Å². The number of piperazine rings is 1. The zero-order valence-corrected chi connectivity index (χ0v) is 23.2. The molecule has 11 heteroatoms. The molecule has 2 unspecified atom stereocenters. The fourth-order valence-corrected chi connectivity index (χ4v) is 4.67. The summed E-state index contributed by atoms with van der Waals surface area (Å²) in [7, 11) is 0. The quantitative estimate of drug-likeness (QED) is 0.211. The van der Waals surface area contributed by atoms with Crippen LogP contribution in [0.1, 0.15) is 31.9 Å². The number of alkyl carbamates (subject to hydrolysis) is 1. The molecule has 0 bridgehead atoms. The number of ether oxygens (including phenoxy) is 3. The summed E-state index contributed by atoms with van der Waals surface area (Å²) in [6.45, 7) is 9.71. The Labute approximate surface area is 234 Å².